The lowest BCUT2D eigenvalue weighted by Gasteiger charge is -2.26. The van der Waals surface area contributed by atoms with Gasteiger partial charge in [0.1, 0.15) is 18.1 Å². The van der Waals surface area contributed by atoms with Crippen molar-refractivity contribution in [3.05, 3.63) is 71.9 Å². The zero-order valence-corrected chi connectivity index (χ0v) is 23.8. The lowest BCUT2D eigenvalue weighted by atomic mass is 10.0. The summed E-state index contributed by atoms with van der Waals surface area (Å²) in [5.41, 5.74) is 8.44. The lowest BCUT2D eigenvalue weighted by Crippen LogP contribution is -2.60. The number of amides is 3. The number of carboxylic acid groups (broad SMARTS) is 1. The van der Waals surface area contributed by atoms with Gasteiger partial charge in [-0.1, -0.05) is 48.5 Å². The number of aliphatic hydroxyl groups excluding tert-OH is 1. The van der Waals surface area contributed by atoms with Crippen molar-refractivity contribution in [3.63, 3.8) is 0 Å². The minimum absolute atomic E-state index is 0.0277. The summed E-state index contributed by atoms with van der Waals surface area (Å²) < 4.78 is 0. The molecule has 3 aromatic rings. The second-order valence-electron chi connectivity index (χ2n) is 9.83. The molecule has 3 rings (SSSR count). The molecule has 8 N–H and O–H groups in total. The van der Waals surface area contributed by atoms with Crippen LogP contribution in [0.3, 0.4) is 0 Å². The van der Waals surface area contributed by atoms with Crippen molar-refractivity contribution in [3.8, 4) is 0 Å². The zero-order chi connectivity index (χ0) is 29.9. The molecule has 0 saturated carbocycles. The number of fused-ring (bicyclic) bond motifs is 1. The molecule has 0 aliphatic heterocycles. The van der Waals surface area contributed by atoms with E-state index in [-0.39, 0.29) is 19.3 Å². The summed E-state index contributed by atoms with van der Waals surface area (Å²) in [6, 6.07) is 11.9. The molecule has 11 nitrogen and oxygen atoms in total. The van der Waals surface area contributed by atoms with Gasteiger partial charge in [-0.2, -0.15) is 11.8 Å². The Balaban J connectivity index is 1.68. The molecule has 5 atom stereocenters. The molecule has 0 aliphatic rings. The number of aliphatic hydroxyl groups is 1. The van der Waals surface area contributed by atoms with Gasteiger partial charge in [0.15, 0.2) is 0 Å². The molecule has 220 valence electrons. The van der Waals surface area contributed by atoms with E-state index in [1.54, 1.807) is 6.20 Å². The van der Waals surface area contributed by atoms with Crippen molar-refractivity contribution < 1.29 is 29.4 Å². The minimum atomic E-state index is -1.38. The number of carboxylic acids is 1. The number of aromatic amines is 1. The van der Waals surface area contributed by atoms with Crippen molar-refractivity contribution in [2.75, 3.05) is 12.0 Å². The molecule has 0 fully saturated rings. The highest BCUT2D eigenvalue weighted by Crippen LogP contribution is 2.19. The number of aromatic nitrogens is 1. The van der Waals surface area contributed by atoms with Crippen molar-refractivity contribution in [1.82, 2.24) is 20.9 Å². The fourth-order valence-corrected chi connectivity index (χ4v) is 4.86. The van der Waals surface area contributed by atoms with Crippen LogP contribution in [0.25, 0.3) is 10.9 Å². The van der Waals surface area contributed by atoms with Gasteiger partial charge in [0.2, 0.25) is 17.7 Å². The topological polar surface area (TPSA) is 187 Å². The SMILES string of the molecule is CSCCC(NC(=O)C(NC(=O)C(N)Cc1ccccc1)C(C)O)C(=O)NC(Cc1c[nH]c2ccccc12)C(=O)O. The highest BCUT2D eigenvalue weighted by Gasteiger charge is 2.32. The van der Waals surface area contributed by atoms with Gasteiger partial charge < -0.3 is 36.9 Å². The summed E-state index contributed by atoms with van der Waals surface area (Å²) in [4.78, 5) is 54.3. The van der Waals surface area contributed by atoms with Crippen LogP contribution in [0.4, 0.5) is 0 Å². The third-order valence-corrected chi connectivity index (χ3v) is 7.30. The molecule has 0 saturated heterocycles. The number of hydrogen-bond donors (Lipinski definition) is 7. The summed E-state index contributed by atoms with van der Waals surface area (Å²) in [5.74, 6) is -2.84. The van der Waals surface area contributed by atoms with Crippen LogP contribution < -0.4 is 21.7 Å². The largest absolute Gasteiger partial charge is 0.480 e. The smallest absolute Gasteiger partial charge is 0.326 e. The molecule has 1 heterocycles. The third-order valence-electron chi connectivity index (χ3n) is 6.66. The van der Waals surface area contributed by atoms with Crippen LogP contribution in [0.15, 0.2) is 60.8 Å². The van der Waals surface area contributed by atoms with E-state index in [2.05, 4.69) is 20.9 Å². The Kier molecular flexibility index (Phi) is 11.7. The Morgan fingerprint density at radius 3 is 2.22 bits per heavy atom. The summed E-state index contributed by atoms with van der Waals surface area (Å²) >= 11 is 1.45. The van der Waals surface area contributed by atoms with E-state index in [1.165, 1.54) is 18.7 Å². The lowest BCUT2D eigenvalue weighted by molar-refractivity contribution is -0.142. The van der Waals surface area contributed by atoms with E-state index in [0.717, 1.165) is 22.0 Å². The van der Waals surface area contributed by atoms with E-state index in [4.69, 9.17) is 5.73 Å². The molecule has 5 unspecified atom stereocenters. The average molecular weight is 584 g/mol. The number of carbonyl (C=O) groups excluding carboxylic acids is 3. The van der Waals surface area contributed by atoms with Crippen LogP contribution >= 0.6 is 11.8 Å². The van der Waals surface area contributed by atoms with Crippen LogP contribution in [-0.2, 0) is 32.0 Å². The predicted octanol–water partition coefficient (Wildman–Crippen LogP) is 0.953. The van der Waals surface area contributed by atoms with Gasteiger partial charge in [0, 0.05) is 23.5 Å². The van der Waals surface area contributed by atoms with Gasteiger partial charge >= 0.3 is 5.97 Å². The first-order valence-corrected chi connectivity index (χ1v) is 14.7. The standard InChI is InChI=1S/C29H37N5O6S/c1-17(35)25(34-26(36)21(30)14-18-8-4-3-5-9-18)28(38)32-23(12-13-41-2)27(37)33-24(29(39)40)15-19-16-31-22-11-7-6-10-20(19)22/h3-11,16-17,21,23-25,31,35H,12-15,30H2,1-2H3,(H,32,38)(H,33,37)(H,34,36)(H,39,40). The van der Waals surface area contributed by atoms with Crippen molar-refractivity contribution >= 4 is 46.4 Å². The van der Waals surface area contributed by atoms with E-state index < -0.39 is 54.0 Å². The Hall–Kier alpha value is -3.87. The fourth-order valence-electron chi connectivity index (χ4n) is 4.39. The van der Waals surface area contributed by atoms with E-state index in [0.29, 0.717) is 5.75 Å². The molecule has 12 heteroatoms. The third kappa shape index (κ3) is 9.07. The van der Waals surface area contributed by atoms with E-state index in [9.17, 15) is 29.4 Å². The van der Waals surface area contributed by atoms with Gasteiger partial charge in [0.25, 0.3) is 0 Å². The second-order valence-corrected chi connectivity index (χ2v) is 10.8. The van der Waals surface area contributed by atoms with Gasteiger partial charge in [-0.3, -0.25) is 14.4 Å². The number of aliphatic carboxylic acids is 1. The first kappa shape index (κ1) is 31.7. The van der Waals surface area contributed by atoms with Gasteiger partial charge in [-0.25, -0.2) is 4.79 Å². The molecule has 3 amide bonds. The summed E-state index contributed by atoms with van der Waals surface area (Å²) in [6.45, 7) is 1.34. The monoisotopic (exact) mass is 583 g/mol. The normalized spacial score (nSPS) is 14.8. The summed E-state index contributed by atoms with van der Waals surface area (Å²) in [7, 11) is 0. The number of nitrogens with one attached hydrogen (secondary N) is 4. The molecular formula is C29H37N5O6S. The van der Waals surface area contributed by atoms with Crippen LogP contribution in [0.5, 0.6) is 0 Å². The quantitative estimate of drug-likeness (QED) is 0.138. The summed E-state index contributed by atoms with van der Waals surface area (Å²) in [6.07, 6.45) is 2.71. The van der Waals surface area contributed by atoms with Crippen molar-refractivity contribution in [1.29, 1.82) is 0 Å². The average Bonchev–Trinajstić information content (AvgIpc) is 3.36. The maximum Gasteiger partial charge on any atom is 0.326 e. The summed E-state index contributed by atoms with van der Waals surface area (Å²) in [5, 5.41) is 28.6. The predicted molar refractivity (Wildman–Crippen MR) is 158 cm³/mol. The van der Waals surface area contributed by atoms with Gasteiger partial charge in [-0.05, 0) is 49.0 Å². The first-order valence-electron chi connectivity index (χ1n) is 13.3. The number of carbonyl (C=O) groups is 4. The second kappa shape index (κ2) is 15.2. The molecular weight excluding hydrogens is 546 g/mol. The highest BCUT2D eigenvalue weighted by molar-refractivity contribution is 7.98. The number of rotatable bonds is 15. The number of para-hydroxylation sites is 1. The molecule has 0 aliphatic carbocycles. The zero-order valence-electron chi connectivity index (χ0n) is 23.0. The van der Waals surface area contributed by atoms with E-state index >= 15 is 0 Å². The van der Waals surface area contributed by atoms with Gasteiger partial charge in [-0.15, -0.1) is 0 Å². The molecule has 0 radical (unpaired) electrons. The number of nitrogens with two attached hydrogens (primary N) is 1. The molecule has 0 spiro atoms. The Morgan fingerprint density at radius 2 is 1.56 bits per heavy atom. The Labute approximate surface area is 242 Å². The number of thioether (sulfide) groups is 1. The minimum Gasteiger partial charge on any atom is -0.480 e. The van der Waals surface area contributed by atoms with Crippen molar-refractivity contribution in [2.24, 2.45) is 5.73 Å². The first-order chi connectivity index (χ1) is 19.6. The number of H-pyrrole nitrogens is 1. The van der Waals surface area contributed by atoms with E-state index in [1.807, 2.05) is 60.9 Å². The number of benzene rings is 2. The Bertz CT molecular complexity index is 1330. The molecule has 1 aromatic heterocycles. The number of hydrogen-bond acceptors (Lipinski definition) is 7. The maximum absolute atomic E-state index is 13.2. The highest BCUT2D eigenvalue weighted by atomic mass is 32.2. The van der Waals surface area contributed by atoms with Crippen LogP contribution in [0.1, 0.15) is 24.5 Å². The molecule has 0 bridgehead atoms. The van der Waals surface area contributed by atoms with Crippen LogP contribution in [0, 0.1) is 0 Å². The fraction of sp³-hybridized carbons (Fsp3) is 0.379. The Morgan fingerprint density at radius 1 is 0.902 bits per heavy atom. The van der Waals surface area contributed by atoms with Crippen LogP contribution in [-0.4, -0.2) is 81.2 Å². The van der Waals surface area contributed by atoms with Gasteiger partial charge in [0.05, 0.1) is 12.1 Å². The molecule has 41 heavy (non-hydrogen) atoms. The maximum atomic E-state index is 13.2. The molecule has 2 aromatic carbocycles. The van der Waals surface area contributed by atoms with Crippen LogP contribution in [0.2, 0.25) is 0 Å². The van der Waals surface area contributed by atoms with Crippen molar-refractivity contribution in [2.45, 2.75) is 56.5 Å².